The molecule has 0 aliphatic carbocycles. The third-order valence-electron chi connectivity index (χ3n) is 4.12. The number of aromatic nitrogens is 1. The van der Waals surface area contributed by atoms with E-state index in [-0.39, 0.29) is 17.5 Å². The van der Waals surface area contributed by atoms with Crippen molar-refractivity contribution < 1.29 is 14.1 Å². The molecule has 1 N–H and O–H groups in total. The van der Waals surface area contributed by atoms with Gasteiger partial charge in [0.05, 0.1) is 11.4 Å². The van der Waals surface area contributed by atoms with Crippen LogP contribution in [-0.2, 0) is 4.79 Å². The van der Waals surface area contributed by atoms with Gasteiger partial charge in [0.1, 0.15) is 5.76 Å². The van der Waals surface area contributed by atoms with Crippen LogP contribution in [0.4, 0.5) is 11.4 Å². The zero-order valence-corrected chi connectivity index (χ0v) is 14.1. The first-order valence-electron chi connectivity index (χ1n) is 8.08. The smallest absolute Gasteiger partial charge is 0.277 e. The standard InChI is InChI=1S/C18H20N4O3/c1-3-17(23)22-10-8-21(9-11-22)16-7-5-4-6-14(16)19-18(24)15-12-13(2)25-20-15/h3-7,12H,1,8-11H2,2H3,(H,19,24). The van der Waals surface area contributed by atoms with Crippen molar-refractivity contribution in [2.45, 2.75) is 6.92 Å². The number of para-hydroxylation sites is 2. The van der Waals surface area contributed by atoms with Gasteiger partial charge in [-0.15, -0.1) is 0 Å². The van der Waals surface area contributed by atoms with Crippen molar-refractivity contribution >= 4 is 23.2 Å². The van der Waals surface area contributed by atoms with Crippen LogP contribution in [0.15, 0.2) is 47.5 Å². The number of hydrogen-bond acceptors (Lipinski definition) is 5. The summed E-state index contributed by atoms with van der Waals surface area (Å²) in [6.07, 6.45) is 1.34. The summed E-state index contributed by atoms with van der Waals surface area (Å²) in [7, 11) is 0. The van der Waals surface area contributed by atoms with E-state index >= 15 is 0 Å². The molecule has 0 bridgehead atoms. The normalized spacial score (nSPS) is 14.3. The fourth-order valence-electron chi connectivity index (χ4n) is 2.81. The lowest BCUT2D eigenvalue weighted by Crippen LogP contribution is -2.48. The first-order chi connectivity index (χ1) is 12.1. The third-order valence-corrected chi connectivity index (χ3v) is 4.12. The van der Waals surface area contributed by atoms with E-state index in [9.17, 15) is 9.59 Å². The summed E-state index contributed by atoms with van der Waals surface area (Å²) in [6, 6.07) is 9.19. The molecule has 1 aliphatic heterocycles. The molecule has 2 heterocycles. The van der Waals surface area contributed by atoms with E-state index in [0.29, 0.717) is 37.6 Å². The van der Waals surface area contributed by atoms with Crippen LogP contribution in [0.25, 0.3) is 0 Å². The average molecular weight is 340 g/mol. The Balaban J connectivity index is 1.72. The van der Waals surface area contributed by atoms with Gasteiger partial charge >= 0.3 is 0 Å². The SMILES string of the molecule is C=CC(=O)N1CCN(c2ccccc2NC(=O)c2cc(C)on2)CC1. The molecule has 0 saturated carbocycles. The van der Waals surface area contributed by atoms with Crippen LogP contribution in [0.5, 0.6) is 0 Å². The molecule has 130 valence electrons. The van der Waals surface area contributed by atoms with E-state index in [1.165, 1.54) is 6.08 Å². The highest BCUT2D eigenvalue weighted by atomic mass is 16.5. The van der Waals surface area contributed by atoms with Crippen LogP contribution in [0.3, 0.4) is 0 Å². The maximum absolute atomic E-state index is 12.3. The number of aryl methyl sites for hydroxylation is 1. The van der Waals surface area contributed by atoms with E-state index in [2.05, 4.69) is 22.0 Å². The molecule has 7 nitrogen and oxygen atoms in total. The second-order valence-corrected chi connectivity index (χ2v) is 5.81. The van der Waals surface area contributed by atoms with Gasteiger partial charge in [0, 0.05) is 32.2 Å². The van der Waals surface area contributed by atoms with Gasteiger partial charge in [0.15, 0.2) is 5.69 Å². The van der Waals surface area contributed by atoms with Crippen LogP contribution < -0.4 is 10.2 Å². The van der Waals surface area contributed by atoms with E-state index in [1.807, 2.05) is 24.3 Å². The molecule has 2 aromatic rings. The van der Waals surface area contributed by atoms with E-state index in [1.54, 1.807) is 17.9 Å². The average Bonchev–Trinajstić information content (AvgIpc) is 3.08. The lowest BCUT2D eigenvalue weighted by atomic mass is 10.2. The van der Waals surface area contributed by atoms with Crippen molar-refractivity contribution in [3.8, 4) is 0 Å². The van der Waals surface area contributed by atoms with Gasteiger partial charge in [-0.1, -0.05) is 23.9 Å². The van der Waals surface area contributed by atoms with E-state index < -0.39 is 0 Å². The zero-order chi connectivity index (χ0) is 17.8. The summed E-state index contributed by atoms with van der Waals surface area (Å²) in [5.41, 5.74) is 1.87. The van der Waals surface area contributed by atoms with Gasteiger partial charge in [-0.25, -0.2) is 0 Å². The van der Waals surface area contributed by atoms with Crippen LogP contribution >= 0.6 is 0 Å². The largest absolute Gasteiger partial charge is 0.366 e. The molecule has 7 heteroatoms. The van der Waals surface area contributed by atoms with Gasteiger partial charge in [-0.3, -0.25) is 9.59 Å². The number of piperazine rings is 1. The number of amides is 2. The predicted octanol–water partition coefficient (Wildman–Crippen LogP) is 2.07. The van der Waals surface area contributed by atoms with Gasteiger partial charge < -0.3 is 19.6 Å². The molecule has 0 atom stereocenters. The minimum Gasteiger partial charge on any atom is -0.366 e. The predicted molar refractivity (Wildman–Crippen MR) is 94.6 cm³/mol. The van der Waals surface area contributed by atoms with Crippen molar-refractivity contribution in [1.82, 2.24) is 10.1 Å². The molecule has 1 aromatic carbocycles. The third kappa shape index (κ3) is 3.71. The Morgan fingerprint density at radius 3 is 2.60 bits per heavy atom. The maximum Gasteiger partial charge on any atom is 0.277 e. The summed E-state index contributed by atoms with van der Waals surface area (Å²) in [4.78, 5) is 27.9. The first-order valence-corrected chi connectivity index (χ1v) is 8.08. The number of anilines is 2. The second-order valence-electron chi connectivity index (χ2n) is 5.81. The molecule has 3 rings (SSSR count). The topological polar surface area (TPSA) is 78.7 Å². The van der Waals surface area contributed by atoms with Gasteiger partial charge in [-0.05, 0) is 25.1 Å². The van der Waals surface area contributed by atoms with Crippen LogP contribution in [0.2, 0.25) is 0 Å². The Morgan fingerprint density at radius 1 is 1.24 bits per heavy atom. The monoisotopic (exact) mass is 340 g/mol. The van der Waals surface area contributed by atoms with Crippen molar-refractivity contribution in [3.05, 3.63) is 54.4 Å². The summed E-state index contributed by atoms with van der Waals surface area (Å²) in [6.45, 7) is 7.88. The van der Waals surface area contributed by atoms with Gasteiger partial charge in [0.2, 0.25) is 5.91 Å². The van der Waals surface area contributed by atoms with E-state index in [0.717, 1.165) is 5.69 Å². The molecule has 0 unspecified atom stereocenters. The summed E-state index contributed by atoms with van der Waals surface area (Å²) < 4.78 is 4.95. The molecule has 1 saturated heterocycles. The number of benzene rings is 1. The Bertz CT molecular complexity index is 791. The quantitative estimate of drug-likeness (QED) is 0.862. The number of carbonyl (C=O) groups is 2. The van der Waals surface area contributed by atoms with Crippen molar-refractivity contribution in [3.63, 3.8) is 0 Å². The first kappa shape index (κ1) is 16.8. The molecule has 0 radical (unpaired) electrons. The Hall–Kier alpha value is -3.09. The number of rotatable bonds is 4. The summed E-state index contributed by atoms with van der Waals surface area (Å²) >= 11 is 0. The maximum atomic E-state index is 12.3. The fourth-order valence-corrected chi connectivity index (χ4v) is 2.81. The molecule has 25 heavy (non-hydrogen) atoms. The molecule has 2 amide bonds. The van der Waals surface area contributed by atoms with Crippen LogP contribution in [0.1, 0.15) is 16.2 Å². The summed E-state index contributed by atoms with van der Waals surface area (Å²) in [5.74, 6) is 0.217. The highest BCUT2D eigenvalue weighted by molar-refractivity contribution is 6.04. The summed E-state index contributed by atoms with van der Waals surface area (Å²) in [5, 5.41) is 6.62. The zero-order valence-electron chi connectivity index (χ0n) is 14.1. The number of hydrogen-bond donors (Lipinski definition) is 1. The Morgan fingerprint density at radius 2 is 1.96 bits per heavy atom. The minimum absolute atomic E-state index is 0.0531. The van der Waals surface area contributed by atoms with E-state index in [4.69, 9.17) is 4.52 Å². The Kier molecular flexibility index (Phi) is 4.83. The Labute approximate surface area is 145 Å². The number of nitrogens with one attached hydrogen (secondary N) is 1. The molecular formula is C18H20N4O3. The minimum atomic E-state index is -0.315. The molecule has 1 aromatic heterocycles. The van der Waals surface area contributed by atoms with Crippen LogP contribution in [0, 0.1) is 6.92 Å². The highest BCUT2D eigenvalue weighted by Crippen LogP contribution is 2.27. The second kappa shape index (κ2) is 7.21. The molecule has 1 aliphatic rings. The molecular weight excluding hydrogens is 320 g/mol. The molecule has 1 fully saturated rings. The van der Waals surface area contributed by atoms with Crippen molar-refractivity contribution in [2.75, 3.05) is 36.4 Å². The highest BCUT2D eigenvalue weighted by Gasteiger charge is 2.22. The van der Waals surface area contributed by atoms with Gasteiger partial charge in [0.25, 0.3) is 5.91 Å². The van der Waals surface area contributed by atoms with Crippen molar-refractivity contribution in [1.29, 1.82) is 0 Å². The lowest BCUT2D eigenvalue weighted by molar-refractivity contribution is -0.126. The number of carbonyl (C=O) groups excluding carboxylic acids is 2. The lowest BCUT2D eigenvalue weighted by Gasteiger charge is -2.36. The fraction of sp³-hybridized carbons (Fsp3) is 0.278. The van der Waals surface area contributed by atoms with Gasteiger partial charge in [-0.2, -0.15) is 0 Å². The molecule has 0 spiro atoms. The van der Waals surface area contributed by atoms with Crippen molar-refractivity contribution in [2.24, 2.45) is 0 Å². The van der Waals surface area contributed by atoms with Crippen LogP contribution in [-0.4, -0.2) is 48.0 Å². The number of nitrogens with zero attached hydrogens (tertiary/aromatic N) is 3.